The third-order valence-electron chi connectivity index (χ3n) is 6.07. The summed E-state index contributed by atoms with van der Waals surface area (Å²) in [6, 6.07) is 16.2. The van der Waals surface area contributed by atoms with Crippen LogP contribution in [0.25, 0.3) is 11.3 Å². The van der Waals surface area contributed by atoms with E-state index in [0.29, 0.717) is 11.5 Å². The molecular weight excluding hydrogens is 445 g/mol. The number of halogens is 3. The van der Waals surface area contributed by atoms with Gasteiger partial charge in [-0.25, -0.2) is 9.67 Å². The van der Waals surface area contributed by atoms with Crippen molar-refractivity contribution < 1.29 is 18.0 Å². The van der Waals surface area contributed by atoms with Gasteiger partial charge in [-0.3, -0.25) is 9.20 Å². The van der Waals surface area contributed by atoms with Crippen molar-refractivity contribution in [2.75, 3.05) is 5.32 Å². The Morgan fingerprint density at radius 1 is 0.941 bits per heavy atom. The number of carbonyl (C=O) groups excluding carboxylic acids is 1. The van der Waals surface area contributed by atoms with Crippen molar-refractivity contribution in [3.8, 4) is 5.69 Å². The number of nitrogens with zero attached hydrogens (tertiary/aromatic N) is 4. The lowest BCUT2D eigenvalue weighted by atomic mass is 9.91. The molecule has 176 valence electrons. The first-order valence-electron chi connectivity index (χ1n) is 11.1. The van der Waals surface area contributed by atoms with Crippen LogP contribution in [0.2, 0.25) is 0 Å². The zero-order valence-corrected chi connectivity index (χ0v) is 18.2. The fourth-order valence-corrected chi connectivity index (χ4v) is 4.37. The van der Waals surface area contributed by atoms with E-state index in [0.717, 1.165) is 37.6 Å². The number of benzene rings is 1. The third-order valence-corrected chi connectivity index (χ3v) is 6.07. The summed E-state index contributed by atoms with van der Waals surface area (Å²) in [7, 11) is 0. The summed E-state index contributed by atoms with van der Waals surface area (Å²) in [5, 5.41) is 10.7. The van der Waals surface area contributed by atoms with Gasteiger partial charge in [0.2, 0.25) is 0 Å². The Bertz CT molecular complexity index is 1290. The SMILES string of the molecule is O=C(NC1CCC(Nc2cccc3nc(C(F)(F)F)cn23)CC1)c1ccnn1-c1ccccc1. The van der Waals surface area contributed by atoms with Crippen molar-refractivity contribution in [2.24, 2.45) is 0 Å². The maximum Gasteiger partial charge on any atom is 0.434 e. The first-order valence-corrected chi connectivity index (χ1v) is 11.1. The number of anilines is 1. The minimum Gasteiger partial charge on any atom is -0.368 e. The number of imidazole rings is 1. The predicted molar refractivity (Wildman–Crippen MR) is 121 cm³/mol. The quantitative estimate of drug-likeness (QED) is 0.446. The third kappa shape index (κ3) is 4.48. The maximum atomic E-state index is 13.1. The summed E-state index contributed by atoms with van der Waals surface area (Å²) in [5.74, 6) is 0.389. The van der Waals surface area contributed by atoms with Gasteiger partial charge in [0.15, 0.2) is 5.69 Å². The highest BCUT2D eigenvalue weighted by Crippen LogP contribution is 2.30. The molecule has 0 radical (unpaired) electrons. The van der Waals surface area contributed by atoms with Gasteiger partial charge in [0.1, 0.15) is 17.2 Å². The van der Waals surface area contributed by atoms with E-state index in [-0.39, 0.29) is 23.6 Å². The number of hydrogen-bond acceptors (Lipinski definition) is 4. The van der Waals surface area contributed by atoms with Crippen molar-refractivity contribution in [1.82, 2.24) is 24.5 Å². The Morgan fingerprint density at radius 3 is 2.41 bits per heavy atom. The van der Waals surface area contributed by atoms with E-state index < -0.39 is 11.9 Å². The molecule has 2 N–H and O–H groups in total. The molecule has 3 aromatic heterocycles. The lowest BCUT2D eigenvalue weighted by molar-refractivity contribution is -0.140. The van der Waals surface area contributed by atoms with Crippen molar-refractivity contribution in [3.63, 3.8) is 0 Å². The summed E-state index contributed by atoms with van der Waals surface area (Å²) in [4.78, 5) is 16.6. The number of carbonyl (C=O) groups is 1. The molecule has 0 saturated heterocycles. The molecular formula is C24H23F3N6O. The molecule has 1 aliphatic carbocycles. The summed E-state index contributed by atoms with van der Waals surface area (Å²) < 4.78 is 42.2. The number of alkyl halides is 3. The fourth-order valence-electron chi connectivity index (χ4n) is 4.37. The molecule has 0 bridgehead atoms. The number of hydrogen-bond donors (Lipinski definition) is 2. The van der Waals surface area contributed by atoms with Gasteiger partial charge >= 0.3 is 6.18 Å². The molecule has 10 heteroatoms. The van der Waals surface area contributed by atoms with Crippen LogP contribution in [0, 0.1) is 0 Å². The number of pyridine rings is 1. The van der Waals surface area contributed by atoms with Crippen molar-refractivity contribution in [3.05, 3.63) is 78.4 Å². The molecule has 1 aromatic carbocycles. The number of aromatic nitrogens is 4. The van der Waals surface area contributed by atoms with Gasteiger partial charge in [-0.2, -0.15) is 18.3 Å². The van der Waals surface area contributed by atoms with E-state index in [1.165, 1.54) is 4.40 Å². The Labute approximate surface area is 193 Å². The molecule has 3 heterocycles. The fraction of sp³-hybridized carbons (Fsp3) is 0.292. The van der Waals surface area contributed by atoms with Crippen LogP contribution in [0.1, 0.15) is 41.9 Å². The highest BCUT2D eigenvalue weighted by Gasteiger charge is 2.34. The Hall–Kier alpha value is -3.82. The van der Waals surface area contributed by atoms with Gasteiger partial charge in [-0.15, -0.1) is 0 Å². The number of amides is 1. The topological polar surface area (TPSA) is 76.2 Å². The highest BCUT2D eigenvalue weighted by molar-refractivity contribution is 5.93. The second kappa shape index (κ2) is 8.85. The second-order valence-corrected chi connectivity index (χ2v) is 8.39. The van der Waals surface area contributed by atoms with Gasteiger partial charge in [-0.05, 0) is 56.0 Å². The normalized spacial score (nSPS) is 18.7. The first kappa shape index (κ1) is 22.0. The number of fused-ring (bicyclic) bond motifs is 1. The standard InChI is InChI=1S/C24H23F3N6O/c25-24(26,27)20-15-32-21(7-4-8-22(32)31-20)29-16-9-11-17(12-10-16)30-23(34)19-13-14-28-33(19)18-5-2-1-3-6-18/h1-8,13-17,29H,9-12H2,(H,30,34). The van der Waals surface area contributed by atoms with E-state index in [9.17, 15) is 18.0 Å². The lowest BCUT2D eigenvalue weighted by Crippen LogP contribution is -2.40. The second-order valence-electron chi connectivity index (χ2n) is 8.39. The van der Waals surface area contributed by atoms with E-state index in [1.807, 2.05) is 30.3 Å². The van der Waals surface area contributed by atoms with Gasteiger partial charge in [0.05, 0.1) is 11.9 Å². The molecule has 7 nitrogen and oxygen atoms in total. The Morgan fingerprint density at radius 2 is 1.68 bits per heavy atom. The summed E-state index contributed by atoms with van der Waals surface area (Å²) in [5.41, 5.74) is 0.614. The van der Waals surface area contributed by atoms with E-state index in [1.54, 1.807) is 35.1 Å². The summed E-state index contributed by atoms with van der Waals surface area (Å²) in [6.07, 6.45) is 1.20. The zero-order chi connectivity index (χ0) is 23.7. The molecule has 0 atom stereocenters. The van der Waals surface area contributed by atoms with Crippen LogP contribution in [-0.2, 0) is 6.18 Å². The molecule has 0 spiro atoms. The van der Waals surface area contributed by atoms with Crippen molar-refractivity contribution in [1.29, 1.82) is 0 Å². The van der Waals surface area contributed by atoms with Crippen LogP contribution in [0.4, 0.5) is 19.0 Å². The van der Waals surface area contributed by atoms with Gasteiger partial charge in [-0.1, -0.05) is 24.3 Å². The number of para-hydroxylation sites is 1. The van der Waals surface area contributed by atoms with Crippen LogP contribution in [0.5, 0.6) is 0 Å². The van der Waals surface area contributed by atoms with Crippen LogP contribution in [0.3, 0.4) is 0 Å². The minimum atomic E-state index is -4.49. The van der Waals surface area contributed by atoms with E-state index in [2.05, 4.69) is 20.7 Å². The summed E-state index contributed by atoms with van der Waals surface area (Å²) >= 11 is 0. The Balaban J connectivity index is 1.21. The molecule has 5 rings (SSSR count). The Kier molecular flexibility index (Phi) is 5.72. The molecule has 0 aliphatic heterocycles. The predicted octanol–water partition coefficient (Wildman–Crippen LogP) is 4.69. The van der Waals surface area contributed by atoms with Crippen LogP contribution < -0.4 is 10.6 Å². The smallest absolute Gasteiger partial charge is 0.368 e. The number of nitrogens with one attached hydrogen (secondary N) is 2. The minimum absolute atomic E-state index is 0.0190. The molecule has 1 fully saturated rings. The monoisotopic (exact) mass is 468 g/mol. The number of rotatable bonds is 5. The molecule has 1 aliphatic rings. The first-order chi connectivity index (χ1) is 16.4. The van der Waals surface area contributed by atoms with Crippen LogP contribution in [0.15, 0.2) is 67.0 Å². The average Bonchev–Trinajstić information content (AvgIpc) is 3.49. The maximum absolute atomic E-state index is 13.1. The molecule has 0 unspecified atom stereocenters. The van der Waals surface area contributed by atoms with Gasteiger partial charge in [0.25, 0.3) is 5.91 Å². The highest BCUT2D eigenvalue weighted by atomic mass is 19.4. The van der Waals surface area contributed by atoms with Crippen LogP contribution >= 0.6 is 0 Å². The van der Waals surface area contributed by atoms with Crippen molar-refractivity contribution >= 4 is 17.4 Å². The molecule has 1 saturated carbocycles. The average molecular weight is 468 g/mol. The zero-order valence-electron chi connectivity index (χ0n) is 18.2. The molecule has 1 amide bonds. The van der Waals surface area contributed by atoms with Gasteiger partial charge in [0, 0.05) is 18.3 Å². The van der Waals surface area contributed by atoms with E-state index in [4.69, 9.17) is 0 Å². The van der Waals surface area contributed by atoms with E-state index >= 15 is 0 Å². The van der Waals surface area contributed by atoms with Crippen LogP contribution in [-0.4, -0.2) is 37.2 Å². The lowest BCUT2D eigenvalue weighted by Gasteiger charge is -2.30. The van der Waals surface area contributed by atoms with Gasteiger partial charge < -0.3 is 10.6 Å². The summed E-state index contributed by atoms with van der Waals surface area (Å²) in [6.45, 7) is 0. The largest absolute Gasteiger partial charge is 0.434 e. The molecule has 34 heavy (non-hydrogen) atoms. The van der Waals surface area contributed by atoms with Crippen molar-refractivity contribution in [2.45, 2.75) is 43.9 Å². The molecule has 4 aromatic rings.